The van der Waals surface area contributed by atoms with Gasteiger partial charge >= 0.3 is 0 Å². The second-order valence-electron chi connectivity index (χ2n) is 6.19. The van der Waals surface area contributed by atoms with Gasteiger partial charge in [-0.05, 0) is 48.9 Å². The van der Waals surface area contributed by atoms with Crippen molar-refractivity contribution in [3.05, 3.63) is 72.7 Å². The maximum Gasteiger partial charge on any atom is 0.263 e. The summed E-state index contributed by atoms with van der Waals surface area (Å²) in [5.74, 6) is 0.0822. The number of nitrogens with zero attached hydrogens (tertiary/aromatic N) is 3. The maximum atomic E-state index is 13.2. The van der Waals surface area contributed by atoms with Crippen LogP contribution in [0.2, 0.25) is 0 Å². The topological polar surface area (TPSA) is 105 Å². The number of aromatic hydroxyl groups is 1. The third-order valence-corrected chi connectivity index (χ3v) is 5.67. The molecule has 4 aromatic rings. The van der Waals surface area contributed by atoms with Gasteiger partial charge in [0.25, 0.3) is 10.0 Å². The summed E-state index contributed by atoms with van der Waals surface area (Å²) in [6, 6.07) is 13.0. The number of pyridine rings is 3. The van der Waals surface area contributed by atoms with Crippen LogP contribution in [-0.2, 0) is 10.0 Å². The van der Waals surface area contributed by atoms with Crippen LogP contribution in [0, 0.1) is 6.92 Å². The Kier molecular flexibility index (Phi) is 4.40. The van der Waals surface area contributed by atoms with Crippen molar-refractivity contribution in [1.29, 1.82) is 0 Å². The molecule has 0 spiro atoms. The van der Waals surface area contributed by atoms with E-state index in [1.54, 1.807) is 30.6 Å². The first-order valence-corrected chi connectivity index (χ1v) is 9.91. The molecule has 0 atom stereocenters. The number of aromatic nitrogens is 3. The van der Waals surface area contributed by atoms with Crippen molar-refractivity contribution < 1.29 is 13.5 Å². The number of aryl methyl sites for hydroxylation is 1. The highest BCUT2D eigenvalue weighted by Gasteiger charge is 2.23. The molecule has 3 heterocycles. The number of rotatable bonds is 4. The Morgan fingerprint density at radius 1 is 0.929 bits per heavy atom. The second-order valence-corrected chi connectivity index (χ2v) is 7.84. The molecule has 28 heavy (non-hydrogen) atoms. The van der Waals surface area contributed by atoms with Crippen LogP contribution in [0.25, 0.3) is 22.2 Å². The number of benzene rings is 1. The van der Waals surface area contributed by atoms with Crippen molar-refractivity contribution in [2.45, 2.75) is 11.8 Å². The number of phenolic OH excluding ortho intramolecular Hbond substituents is 1. The summed E-state index contributed by atoms with van der Waals surface area (Å²) < 4.78 is 28.9. The first kappa shape index (κ1) is 17.9. The first-order chi connectivity index (χ1) is 13.5. The van der Waals surface area contributed by atoms with E-state index >= 15 is 0 Å². The van der Waals surface area contributed by atoms with Gasteiger partial charge in [-0.25, -0.2) is 13.4 Å². The molecular formula is C20H16N4O3S. The van der Waals surface area contributed by atoms with E-state index < -0.39 is 10.0 Å². The molecule has 0 saturated heterocycles. The number of sulfonamides is 1. The highest BCUT2D eigenvalue weighted by Crippen LogP contribution is 2.32. The van der Waals surface area contributed by atoms with Crippen LogP contribution in [0.4, 0.5) is 5.82 Å². The summed E-state index contributed by atoms with van der Waals surface area (Å²) >= 11 is 0. The number of hydrogen-bond donors (Lipinski definition) is 2. The van der Waals surface area contributed by atoms with Crippen LogP contribution >= 0.6 is 0 Å². The molecule has 7 nitrogen and oxygen atoms in total. The van der Waals surface area contributed by atoms with Gasteiger partial charge in [0.15, 0.2) is 5.82 Å². The van der Waals surface area contributed by atoms with Crippen molar-refractivity contribution in [1.82, 2.24) is 15.0 Å². The number of fused-ring (bicyclic) bond motifs is 1. The van der Waals surface area contributed by atoms with Crippen LogP contribution in [0.1, 0.15) is 5.56 Å². The quantitative estimate of drug-likeness (QED) is 0.551. The molecule has 0 unspecified atom stereocenters. The minimum atomic E-state index is -4.02. The van der Waals surface area contributed by atoms with Gasteiger partial charge in [-0.3, -0.25) is 14.7 Å². The molecule has 8 heteroatoms. The molecule has 1 aromatic carbocycles. The van der Waals surface area contributed by atoms with Crippen molar-refractivity contribution in [3.8, 4) is 17.0 Å². The molecule has 140 valence electrons. The molecule has 0 aliphatic rings. The van der Waals surface area contributed by atoms with Gasteiger partial charge < -0.3 is 5.11 Å². The van der Waals surface area contributed by atoms with Crippen LogP contribution in [0.15, 0.2) is 72.0 Å². The molecule has 0 fully saturated rings. The zero-order valence-corrected chi connectivity index (χ0v) is 15.7. The van der Waals surface area contributed by atoms with Crippen LogP contribution < -0.4 is 4.72 Å². The lowest BCUT2D eigenvalue weighted by atomic mass is 10.1. The second kappa shape index (κ2) is 6.90. The highest BCUT2D eigenvalue weighted by molar-refractivity contribution is 7.92. The van der Waals surface area contributed by atoms with Gasteiger partial charge in [0.2, 0.25) is 0 Å². The molecule has 0 saturated carbocycles. The maximum absolute atomic E-state index is 13.2. The molecule has 0 amide bonds. The Hall–Kier alpha value is -3.52. The minimum Gasteiger partial charge on any atom is -0.508 e. The monoisotopic (exact) mass is 392 g/mol. The third-order valence-electron chi connectivity index (χ3n) is 4.27. The number of nitrogens with one attached hydrogen (secondary N) is 1. The van der Waals surface area contributed by atoms with Crippen molar-refractivity contribution in [2.24, 2.45) is 0 Å². The van der Waals surface area contributed by atoms with Gasteiger partial charge in [0, 0.05) is 29.5 Å². The van der Waals surface area contributed by atoms with Gasteiger partial charge in [0.05, 0.1) is 10.6 Å². The predicted octanol–water partition coefficient (Wildman–Crippen LogP) is 3.51. The average molecular weight is 392 g/mol. The van der Waals surface area contributed by atoms with Crippen molar-refractivity contribution >= 4 is 26.7 Å². The normalized spacial score (nSPS) is 11.5. The number of phenols is 1. The summed E-state index contributed by atoms with van der Waals surface area (Å²) in [7, 11) is -4.02. The van der Waals surface area contributed by atoms with E-state index in [4.69, 9.17) is 0 Å². The molecule has 2 N–H and O–H groups in total. The molecule has 0 bridgehead atoms. The largest absolute Gasteiger partial charge is 0.508 e. The van der Waals surface area contributed by atoms with E-state index in [0.717, 1.165) is 10.9 Å². The smallest absolute Gasteiger partial charge is 0.263 e. The SMILES string of the molecule is Cc1cccnc1-c1cc(O)ccc1S(=O)(=O)Nc1nccc2cccnc12. The Morgan fingerprint density at radius 2 is 1.71 bits per heavy atom. The van der Waals surface area contributed by atoms with E-state index in [2.05, 4.69) is 19.7 Å². The van der Waals surface area contributed by atoms with Crippen molar-refractivity contribution in [3.63, 3.8) is 0 Å². The lowest BCUT2D eigenvalue weighted by molar-refractivity contribution is 0.475. The number of anilines is 1. The lowest BCUT2D eigenvalue weighted by Crippen LogP contribution is -2.15. The Morgan fingerprint density at radius 3 is 2.54 bits per heavy atom. The molecule has 0 aliphatic carbocycles. The highest BCUT2D eigenvalue weighted by atomic mass is 32.2. The zero-order valence-electron chi connectivity index (χ0n) is 14.9. The fraction of sp³-hybridized carbons (Fsp3) is 0.0500. The predicted molar refractivity (Wildman–Crippen MR) is 106 cm³/mol. The third kappa shape index (κ3) is 3.25. The molecule has 4 rings (SSSR count). The summed E-state index contributed by atoms with van der Waals surface area (Å²) in [5.41, 5.74) is 2.01. The van der Waals surface area contributed by atoms with E-state index in [9.17, 15) is 13.5 Å². The number of hydrogen-bond acceptors (Lipinski definition) is 6. The lowest BCUT2D eigenvalue weighted by Gasteiger charge is -2.14. The standard InChI is InChI=1S/C20H16N4O3S/c1-13-4-2-9-21-18(13)16-12-15(25)6-7-17(16)28(26,27)24-20-19-14(8-11-23-20)5-3-10-22-19/h2-12,25H,1H3,(H,23,24). The Labute approximate surface area is 161 Å². The fourth-order valence-electron chi connectivity index (χ4n) is 2.97. The molecule has 3 aromatic heterocycles. The van der Waals surface area contributed by atoms with E-state index in [0.29, 0.717) is 16.8 Å². The van der Waals surface area contributed by atoms with Crippen LogP contribution in [0.3, 0.4) is 0 Å². The van der Waals surface area contributed by atoms with E-state index in [-0.39, 0.29) is 16.5 Å². The van der Waals surface area contributed by atoms with Gasteiger partial charge in [-0.2, -0.15) is 0 Å². The van der Waals surface area contributed by atoms with Gasteiger partial charge in [-0.1, -0.05) is 12.1 Å². The Balaban J connectivity index is 1.86. The van der Waals surface area contributed by atoms with E-state index in [1.807, 2.05) is 19.1 Å². The Bertz CT molecular complexity index is 1280. The van der Waals surface area contributed by atoms with Gasteiger partial charge in [0.1, 0.15) is 11.3 Å². The van der Waals surface area contributed by atoms with Crippen LogP contribution in [-0.4, -0.2) is 28.5 Å². The molecule has 0 aliphatic heterocycles. The summed E-state index contributed by atoms with van der Waals surface area (Å²) in [6.45, 7) is 1.83. The fourth-order valence-corrected chi connectivity index (χ4v) is 4.17. The van der Waals surface area contributed by atoms with E-state index in [1.165, 1.54) is 24.4 Å². The summed E-state index contributed by atoms with van der Waals surface area (Å²) in [6.07, 6.45) is 4.67. The summed E-state index contributed by atoms with van der Waals surface area (Å²) in [5, 5.41) is 10.7. The van der Waals surface area contributed by atoms with Gasteiger partial charge in [-0.15, -0.1) is 0 Å². The first-order valence-electron chi connectivity index (χ1n) is 8.43. The summed E-state index contributed by atoms with van der Waals surface area (Å²) in [4.78, 5) is 12.6. The van der Waals surface area contributed by atoms with Crippen molar-refractivity contribution in [2.75, 3.05) is 4.72 Å². The molecular weight excluding hydrogens is 376 g/mol. The minimum absolute atomic E-state index is 0.0122. The zero-order chi connectivity index (χ0) is 19.7. The molecule has 0 radical (unpaired) electrons. The van der Waals surface area contributed by atoms with Crippen LogP contribution in [0.5, 0.6) is 5.75 Å². The average Bonchev–Trinajstić information content (AvgIpc) is 2.68.